The number of halogens is 4. The molecule has 0 saturated heterocycles. The Morgan fingerprint density at radius 3 is 2.59 bits per heavy atom. The number of benzene rings is 1. The average Bonchev–Trinajstić information content (AvgIpc) is 2.24. The van der Waals surface area contributed by atoms with Gasteiger partial charge >= 0.3 is 6.18 Å². The molecule has 2 nitrogen and oxygen atoms in total. The molecular weight excluding hydrogens is 255 g/mol. The molecule has 1 aromatic rings. The molecule has 1 N–H and O–H groups in total. The maximum absolute atomic E-state index is 11.7. The number of nitrogens with one attached hydrogen (secondary N) is 1. The van der Waals surface area contributed by atoms with E-state index in [0.29, 0.717) is 18.1 Å². The summed E-state index contributed by atoms with van der Waals surface area (Å²) in [4.78, 5) is 0. The summed E-state index contributed by atoms with van der Waals surface area (Å²) in [5.74, 6) is 0. The van der Waals surface area contributed by atoms with Crippen molar-refractivity contribution in [1.29, 1.82) is 0 Å². The van der Waals surface area contributed by atoms with E-state index in [-0.39, 0.29) is 6.61 Å². The van der Waals surface area contributed by atoms with Crippen molar-refractivity contribution in [2.24, 2.45) is 0 Å². The summed E-state index contributed by atoms with van der Waals surface area (Å²) < 4.78 is 39.6. The van der Waals surface area contributed by atoms with Crippen molar-refractivity contribution >= 4 is 11.6 Å². The quantitative estimate of drug-likeness (QED) is 0.800. The van der Waals surface area contributed by atoms with Crippen LogP contribution in [-0.4, -0.2) is 25.9 Å². The van der Waals surface area contributed by atoms with Gasteiger partial charge in [0.2, 0.25) is 0 Å². The Labute approximate surface area is 103 Å². The molecule has 0 aromatic heterocycles. The largest absolute Gasteiger partial charge is 0.411 e. The molecule has 0 aliphatic heterocycles. The number of alkyl halides is 3. The van der Waals surface area contributed by atoms with Crippen LogP contribution in [0.15, 0.2) is 24.3 Å². The van der Waals surface area contributed by atoms with Gasteiger partial charge in [-0.15, -0.1) is 0 Å². The molecule has 0 aliphatic carbocycles. The van der Waals surface area contributed by atoms with Gasteiger partial charge in [-0.05, 0) is 11.6 Å². The fourth-order valence-electron chi connectivity index (χ4n) is 1.20. The molecule has 0 radical (unpaired) electrons. The maximum atomic E-state index is 11.7. The number of hydrogen-bond acceptors (Lipinski definition) is 2. The first kappa shape index (κ1) is 14.3. The summed E-state index contributed by atoms with van der Waals surface area (Å²) in [5, 5.41) is 3.59. The molecule has 0 amide bonds. The van der Waals surface area contributed by atoms with E-state index in [0.717, 1.165) is 5.56 Å². The van der Waals surface area contributed by atoms with Gasteiger partial charge in [-0.3, -0.25) is 0 Å². The van der Waals surface area contributed by atoms with Crippen LogP contribution in [0.1, 0.15) is 5.56 Å². The molecule has 1 rings (SSSR count). The Hall–Kier alpha value is -0.780. The van der Waals surface area contributed by atoms with E-state index < -0.39 is 12.8 Å². The Kier molecular flexibility index (Phi) is 5.74. The van der Waals surface area contributed by atoms with Gasteiger partial charge in [-0.25, -0.2) is 0 Å². The highest BCUT2D eigenvalue weighted by molar-refractivity contribution is 6.31. The molecule has 96 valence electrons. The van der Waals surface area contributed by atoms with E-state index in [1.165, 1.54) is 0 Å². The minimum atomic E-state index is -4.26. The summed E-state index contributed by atoms with van der Waals surface area (Å²) >= 11 is 5.90. The van der Waals surface area contributed by atoms with Crippen molar-refractivity contribution in [3.8, 4) is 0 Å². The van der Waals surface area contributed by atoms with Gasteiger partial charge in [0.15, 0.2) is 0 Å². The fourth-order valence-corrected chi connectivity index (χ4v) is 1.40. The second-order valence-corrected chi connectivity index (χ2v) is 3.84. The van der Waals surface area contributed by atoms with E-state index in [9.17, 15) is 13.2 Å². The lowest BCUT2D eigenvalue weighted by Gasteiger charge is -2.09. The summed E-state index contributed by atoms with van der Waals surface area (Å²) in [6, 6.07) is 7.28. The predicted molar refractivity (Wildman–Crippen MR) is 60.0 cm³/mol. The zero-order valence-corrected chi connectivity index (χ0v) is 9.81. The van der Waals surface area contributed by atoms with Gasteiger partial charge in [0, 0.05) is 18.1 Å². The third kappa shape index (κ3) is 6.51. The monoisotopic (exact) mass is 267 g/mol. The molecule has 0 saturated carbocycles. The number of hydrogen-bond donors (Lipinski definition) is 1. The Bertz CT molecular complexity index is 344. The first-order valence-corrected chi connectivity index (χ1v) is 5.45. The summed E-state index contributed by atoms with van der Waals surface area (Å²) in [6.45, 7) is -0.332. The van der Waals surface area contributed by atoms with Gasteiger partial charge < -0.3 is 10.1 Å². The van der Waals surface area contributed by atoms with E-state index in [4.69, 9.17) is 11.6 Å². The fraction of sp³-hybridized carbons (Fsp3) is 0.455. The zero-order valence-electron chi connectivity index (χ0n) is 9.06. The van der Waals surface area contributed by atoms with E-state index in [1.807, 2.05) is 18.2 Å². The maximum Gasteiger partial charge on any atom is 0.411 e. The molecule has 0 bridgehead atoms. The van der Waals surface area contributed by atoms with Crippen LogP contribution >= 0.6 is 11.6 Å². The van der Waals surface area contributed by atoms with Crippen molar-refractivity contribution in [2.45, 2.75) is 12.7 Å². The van der Waals surface area contributed by atoms with Gasteiger partial charge in [-0.1, -0.05) is 29.8 Å². The lowest BCUT2D eigenvalue weighted by Crippen LogP contribution is -2.23. The summed E-state index contributed by atoms with van der Waals surface area (Å²) in [6.07, 6.45) is -4.26. The van der Waals surface area contributed by atoms with Crippen LogP contribution in [0, 0.1) is 0 Å². The summed E-state index contributed by atoms with van der Waals surface area (Å²) in [7, 11) is 0. The Morgan fingerprint density at radius 2 is 1.94 bits per heavy atom. The molecule has 0 spiro atoms. The minimum absolute atomic E-state index is 0.0178. The lowest BCUT2D eigenvalue weighted by molar-refractivity contribution is -0.173. The third-order valence-electron chi connectivity index (χ3n) is 1.96. The average molecular weight is 268 g/mol. The van der Waals surface area contributed by atoms with E-state index >= 15 is 0 Å². The standard InChI is InChI=1S/C11H13ClF3NO/c12-10-4-2-1-3-9(10)7-16-5-6-17-8-11(13,14)15/h1-4,16H,5-8H2. The molecule has 0 aliphatic rings. The smallest absolute Gasteiger partial charge is 0.371 e. The predicted octanol–water partition coefficient (Wildman–Crippen LogP) is 3.01. The van der Waals surface area contributed by atoms with Gasteiger partial charge in [0.05, 0.1) is 6.61 Å². The van der Waals surface area contributed by atoms with E-state index in [2.05, 4.69) is 10.1 Å². The third-order valence-corrected chi connectivity index (χ3v) is 2.33. The lowest BCUT2D eigenvalue weighted by atomic mass is 10.2. The van der Waals surface area contributed by atoms with Crippen LogP contribution in [0.25, 0.3) is 0 Å². The van der Waals surface area contributed by atoms with Crippen molar-refractivity contribution in [3.05, 3.63) is 34.9 Å². The van der Waals surface area contributed by atoms with Crippen LogP contribution in [0.2, 0.25) is 5.02 Å². The van der Waals surface area contributed by atoms with Crippen LogP contribution in [0.4, 0.5) is 13.2 Å². The van der Waals surface area contributed by atoms with Crippen LogP contribution < -0.4 is 5.32 Å². The normalized spacial score (nSPS) is 11.8. The minimum Gasteiger partial charge on any atom is -0.371 e. The first-order chi connectivity index (χ1) is 7.99. The van der Waals surface area contributed by atoms with Crippen molar-refractivity contribution in [2.75, 3.05) is 19.8 Å². The van der Waals surface area contributed by atoms with Crippen LogP contribution in [-0.2, 0) is 11.3 Å². The molecule has 6 heteroatoms. The van der Waals surface area contributed by atoms with Gasteiger partial charge in [0.25, 0.3) is 0 Å². The molecular formula is C11H13ClF3NO. The molecule has 0 unspecified atom stereocenters. The highest BCUT2D eigenvalue weighted by atomic mass is 35.5. The van der Waals surface area contributed by atoms with Crippen molar-refractivity contribution in [1.82, 2.24) is 5.32 Å². The molecule has 0 atom stereocenters. The Balaban J connectivity index is 2.11. The SMILES string of the molecule is FC(F)(F)COCCNCc1ccccc1Cl. The second kappa shape index (κ2) is 6.83. The molecule has 0 heterocycles. The van der Waals surface area contributed by atoms with E-state index in [1.54, 1.807) is 6.07 Å². The van der Waals surface area contributed by atoms with Gasteiger partial charge in [0.1, 0.15) is 6.61 Å². The van der Waals surface area contributed by atoms with Crippen LogP contribution in [0.3, 0.4) is 0 Å². The molecule has 1 aromatic carbocycles. The van der Waals surface area contributed by atoms with Gasteiger partial charge in [-0.2, -0.15) is 13.2 Å². The van der Waals surface area contributed by atoms with Crippen LogP contribution in [0.5, 0.6) is 0 Å². The van der Waals surface area contributed by atoms with Crippen molar-refractivity contribution < 1.29 is 17.9 Å². The Morgan fingerprint density at radius 1 is 1.24 bits per heavy atom. The highest BCUT2D eigenvalue weighted by Crippen LogP contribution is 2.15. The second-order valence-electron chi connectivity index (χ2n) is 3.44. The number of ether oxygens (including phenoxy) is 1. The molecule has 17 heavy (non-hydrogen) atoms. The van der Waals surface area contributed by atoms with Crippen molar-refractivity contribution in [3.63, 3.8) is 0 Å². The first-order valence-electron chi connectivity index (χ1n) is 5.07. The summed E-state index contributed by atoms with van der Waals surface area (Å²) in [5.41, 5.74) is 0.907. The highest BCUT2D eigenvalue weighted by Gasteiger charge is 2.27. The molecule has 0 fully saturated rings. The zero-order chi connectivity index (χ0) is 12.7. The topological polar surface area (TPSA) is 21.3 Å². The number of rotatable bonds is 6.